The van der Waals surface area contributed by atoms with Crippen LogP contribution in [0.2, 0.25) is 0 Å². The highest BCUT2D eigenvalue weighted by molar-refractivity contribution is 5.93. The van der Waals surface area contributed by atoms with Crippen LogP contribution in [0.3, 0.4) is 0 Å². The zero-order valence-electron chi connectivity index (χ0n) is 7.10. The van der Waals surface area contributed by atoms with Gasteiger partial charge >= 0.3 is 0 Å². The Labute approximate surface area is 70.5 Å². The summed E-state index contributed by atoms with van der Waals surface area (Å²) in [6.07, 6.45) is 3.41. The Bertz CT molecular complexity index is 289. The van der Waals surface area contributed by atoms with Gasteiger partial charge in [-0.25, -0.2) is 4.98 Å². The number of hydrogen-bond acceptors (Lipinski definition) is 3. The fraction of sp³-hybridized carbons (Fsp3) is 0.429. The first-order valence-corrected chi connectivity index (χ1v) is 3.67. The molecule has 1 aromatic heterocycles. The minimum absolute atomic E-state index is 0.0358. The van der Waals surface area contributed by atoms with E-state index in [0.717, 1.165) is 0 Å². The second kappa shape index (κ2) is 3.25. The molecule has 0 bridgehead atoms. The molecule has 1 heterocycles. The number of hydrogen-bond donors (Lipinski definition) is 2. The molecule has 66 valence electrons. The number of rotatable bonds is 2. The van der Waals surface area contributed by atoms with Crippen molar-refractivity contribution in [1.82, 2.24) is 9.55 Å². The van der Waals surface area contributed by atoms with E-state index >= 15 is 0 Å². The number of oxime groups is 1. The minimum atomic E-state index is 0.0358. The average Bonchev–Trinajstić information content (AvgIpc) is 2.50. The van der Waals surface area contributed by atoms with Gasteiger partial charge < -0.3 is 15.5 Å². The Morgan fingerprint density at radius 3 is 2.92 bits per heavy atom. The van der Waals surface area contributed by atoms with Gasteiger partial charge in [-0.05, 0) is 13.8 Å². The van der Waals surface area contributed by atoms with E-state index in [-0.39, 0.29) is 11.9 Å². The summed E-state index contributed by atoms with van der Waals surface area (Å²) < 4.78 is 1.83. The van der Waals surface area contributed by atoms with Crippen molar-refractivity contribution in [2.24, 2.45) is 10.9 Å². The molecule has 0 radical (unpaired) electrons. The number of imidazole rings is 1. The second-order valence-electron chi connectivity index (χ2n) is 2.74. The van der Waals surface area contributed by atoms with Crippen LogP contribution < -0.4 is 5.73 Å². The van der Waals surface area contributed by atoms with E-state index in [1.165, 1.54) is 0 Å². The van der Waals surface area contributed by atoms with Gasteiger partial charge in [-0.15, -0.1) is 0 Å². The molecule has 0 spiro atoms. The van der Waals surface area contributed by atoms with Crippen molar-refractivity contribution in [2.45, 2.75) is 19.9 Å². The van der Waals surface area contributed by atoms with Crippen molar-refractivity contribution >= 4 is 5.84 Å². The molecule has 0 aliphatic heterocycles. The summed E-state index contributed by atoms with van der Waals surface area (Å²) in [4.78, 5) is 3.96. The molecule has 1 aromatic rings. The maximum atomic E-state index is 8.42. The van der Waals surface area contributed by atoms with Crippen molar-refractivity contribution in [1.29, 1.82) is 0 Å². The fourth-order valence-electron chi connectivity index (χ4n) is 0.973. The zero-order valence-corrected chi connectivity index (χ0v) is 7.10. The standard InChI is InChI=1S/C7H12N4O/c1-5(2)11-4-3-9-7(11)6(8)10-12/h3-5,12H,1-2H3,(H2,8,10). The van der Waals surface area contributed by atoms with Crippen LogP contribution in [0, 0.1) is 0 Å². The van der Waals surface area contributed by atoms with Gasteiger partial charge in [0.25, 0.3) is 0 Å². The molecule has 0 aliphatic rings. The highest BCUT2D eigenvalue weighted by Gasteiger charge is 2.09. The van der Waals surface area contributed by atoms with E-state index in [2.05, 4.69) is 10.1 Å². The van der Waals surface area contributed by atoms with E-state index in [0.29, 0.717) is 5.82 Å². The van der Waals surface area contributed by atoms with Gasteiger partial charge in [-0.1, -0.05) is 5.16 Å². The SMILES string of the molecule is CC(C)n1ccnc1/C(N)=N/O. The number of aromatic nitrogens is 2. The fourth-order valence-corrected chi connectivity index (χ4v) is 0.973. The maximum Gasteiger partial charge on any atom is 0.206 e. The molecular weight excluding hydrogens is 156 g/mol. The van der Waals surface area contributed by atoms with Crippen LogP contribution in [-0.2, 0) is 0 Å². The van der Waals surface area contributed by atoms with Crippen molar-refractivity contribution < 1.29 is 5.21 Å². The summed E-state index contributed by atoms with van der Waals surface area (Å²) in [6.45, 7) is 3.99. The molecule has 0 aliphatic carbocycles. The molecule has 0 atom stereocenters. The molecule has 1 rings (SSSR count). The summed E-state index contributed by atoms with van der Waals surface area (Å²) in [5.41, 5.74) is 5.39. The summed E-state index contributed by atoms with van der Waals surface area (Å²) in [6, 6.07) is 0.253. The highest BCUT2D eigenvalue weighted by Crippen LogP contribution is 2.06. The topological polar surface area (TPSA) is 76.4 Å². The lowest BCUT2D eigenvalue weighted by atomic mass is 10.4. The van der Waals surface area contributed by atoms with Crippen molar-refractivity contribution in [2.75, 3.05) is 0 Å². The predicted molar refractivity (Wildman–Crippen MR) is 45.1 cm³/mol. The van der Waals surface area contributed by atoms with Crippen molar-refractivity contribution in [3.63, 3.8) is 0 Å². The Morgan fingerprint density at radius 2 is 2.42 bits per heavy atom. The average molecular weight is 168 g/mol. The van der Waals surface area contributed by atoms with Gasteiger partial charge in [0.2, 0.25) is 5.84 Å². The first-order chi connectivity index (χ1) is 5.66. The third-order valence-corrected chi connectivity index (χ3v) is 1.56. The first-order valence-electron chi connectivity index (χ1n) is 3.67. The van der Waals surface area contributed by atoms with Crippen LogP contribution in [0.25, 0.3) is 0 Å². The maximum absolute atomic E-state index is 8.42. The lowest BCUT2D eigenvalue weighted by Crippen LogP contribution is -2.20. The van der Waals surface area contributed by atoms with Crippen LogP contribution in [0.1, 0.15) is 25.7 Å². The Hall–Kier alpha value is -1.52. The summed E-state index contributed by atoms with van der Waals surface area (Å²) in [5.74, 6) is 0.529. The zero-order chi connectivity index (χ0) is 9.14. The van der Waals surface area contributed by atoms with Gasteiger partial charge in [0.1, 0.15) is 0 Å². The molecule has 0 fully saturated rings. The lowest BCUT2D eigenvalue weighted by molar-refractivity contribution is 0.318. The molecule has 0 aromatic carbocycles. The molecule has 5 nitrogen and oxygen atoms in total. The van der Waals surface area contributed by atoms with Crippen LogP contribution in [0.4, 0.5) is 0 Å². The third kappa shape index (κ3) is 1.39. The largest absolute Gasteiger partial charge is 0.409 e. The lowest BCUT2D eigenvalue weighted by Gasteiger charge is -2.09. The van der Waals surface area contributed by atoms with E-state index in [4.69, 9.17) is 10.9 Å². The van der Waals surface area contributed by atoms with Crippen molar-refractivity contribution in [3.8, 4) is 0 Å². The molecule has 0 saturated carbocycles. The molecule has 0 unspecified atom stereocenters. The molecule has 0 amide bonds. The molecule has 5 heteroatoms. The Kier molecular flexibility index (Phi) is 2.32. The number of nitrogens with zero attached hydrogens (tertiary/aromatic N) is 3. The monoisotopic (exact) mass is 168 g/mol. The van der Waals surface area contributed by atoms with Crippen molar-refractivity contribution in [3.05, 3.63) is 18.2 Å². The molecule has 3 N–H and O–H groups in total. The van der Waals surface area contributed by atoms with Crippen LogP contribution in [-0.4, -0.2) is 20.6 Å². The summed E-state index contributed by atoms with van der Waals surface area (Å²) >= 11 is 0. The normalized spacial score (nSPS) is 12.4. The predicted octanol–water partition coefficient (Wildman–Crippen LogP) is 0.558. The highest BCUT2D eigenvalue weighted by atomic mass is 16.4. The summed E-state index contributed by atoms with van der Waals surface area (Å²) in [7, 11) is 0. The second-order valence-corrected chi connectivity index (χ2v) is 2.74. The van der Waals surface area contributed by atoms with Crippen LogP contribution in [0.15, 0.2) is 17.5 Å². The van der Waals surface area contributed by atoms with Crippen LogP contribution >= 0.6 is 0 Å². The van der Waals surface area contributed by atoms with E-state index < -0.39 is 0 Å². The van der Waals surface area contributed by atoms with Gasteiger partial charge in [0, 0.05) is 18.4 Å². The Morgan fingerprint density at radius 1 is 1.75 bits per heavy atom. The molecule has 12 heavy (non-hydrogen) atoms. The number of nitrogens with two attached hydrogens (primary N) is 1. The third-order valence-electron chi connectivity index (χ3n) is 1.56. The molecular formula is C7H12N4O. The van der Waals surface area contributed by atoms with Gasteiger partial charge in [0.05, 0.1) is 0 Å². The van der Waals surface area contributed by atoms with Crippen LogP contribution in [0.5, 0.6) is 0 Å². The van der Waals surface area contributed by atoms with Gasteiger partial charge in [0.15, 0.2) is 5.82 Å². The Balaban J connectivity index is 3.07. The van der Waals surface area contributed by atoms with Gasteiger partial charge in [-0.3, -0.25) is 0 Å². The first kappa shape index (κ1) is 8.58. The minimum Gasteiger partial charge on any atom is -0.409 e. The summed E-state index contributed by atoms with van der Waals surface area (Å²) in [5, 5.41) is 11.3. The number of amidine groups is 1. The van der Waals surface area contributed by atoms with E-state index in [9.17, 15) is 0 Å². The van der Waals surface area contributed by atoms with Gasteiger partial charge in [-0.2, -0.15) is 0 Å². The quantitative estimate of drug-likeness (QED) is 0.293. The van der Waals surface area contributed by atoms with E-state index in [1.807, 2.05) is 18.4 Å². The smallest absolute Gasteiger partial charge is 0.206 e. The van der Waals surface area contributed by atoms with E-state index in [1.54, 1.807) is 12.4 Å². The molecule has 0 saturated heterocycles.